The first-order valence-corrected chi connectivity index (χ1v) is 6.43. The van der Waals surface area contributed by atoms with Crippen LogP contribution in [0.25, 0.3) is 0 Å². The van der Waals surface area contributed by atoms with Gasteiger partial charge in [-0.15, -0.1) is 0 Å². The van der Waals surface area contributed by atoms with Gasteiger partial charge in [-0.1, -0.05) is 0 Å². The van der Waals surface area contributed by atoms with Gasteiger partial charge < -0.3 is 4.48 Å². The van der Waals surface area contributed by atoms with E-state index in [0.29, 0.717) is 24.0 Å². The lowest BCUT2D eigenvalue weighted by atomic mass is 10.1. The Labute approximate surface area is 90.6 Å². The van der Waals surface area contributed by atoms with Gasteiger partial charge >= 0.3 is 0 Å². The van der Waals surface area contributed by atoms with Crippen molar-refractivity contribution >= 4 is 10.1 Å². The summed E-state index contributed by atoms with van der Waals surface area (Å²) in [4.78, 5) is 0. The van der Waals surface area contributed by atoms with Crippen molar-refractivity contribution in [3.05, 3.63) is 0 Å². The molecule has 0 amide bonds. The Balaban J connectivity index is 2.88. The molecule has 1 rings (SSSR count). The highest BCUT2D eigenvalue weighted by atomic mass is 32.2. The first kappa shape index (κ1) is 12.4. The first-order chi connectivity index (χ1) is 6.74. The van der Waals surface area contributed by atoms with E-state index in [-0.39, 0.29) is 12.3 Å². The summed E-state index contributed by atoms with van der Waals surface area (Å²) in [5.41, 5.74) is 0. The third kappa shape index (κ3) is 3.45. The van der Waals surface area contributed by atoms with E-state index in [2.05, 4.69) is 6.07 Å². The average molecular weight is 233 g/mol. The average Bonchev–Trinajstić information content (AvgIpc) is 2.22. The van der Waals surface area contributed by atoms with Crippen LogP contribution in [0, 0.1) is 17.2 Å². The lowest BCUT2D eigenvalue weighted by Gasteiger charge is -2.28. The predicted molar refractivity (Wildman–Crippen MR) is 55.5 cm³/mol. The maximum atomic E-state index is 11.1. The van der Waals surface area contributed by atoms with Crippen LogP contribution in [0.3, 0.4) is 0 Å². The molecule has 1 aliphatic rings. The second kappa shape index (κ2) is 4.08. The topological polar surface area (TPSA) is 78.2 Å². The SMILES string of the molecule is C[N+]1(C)CC[C@H](S(=O)(=O)O)C[C@H](C#N)C1. The van der Waals surface area contributed by atoms with Crippen LogP contribution in [0.5, 0.6) is 0 Å². The van der Waals surface area contributed by atoms with E-state index in [0.717, 1.165) is 0 Å². The molecule has 0 saturated carbocycles. The summed E-state index contributed by atoms with van der Waals surface area (Å²) in [5.74, 6) is -0.297. The van der Waals surface area contributed by atoms with Gasteiger partial charge in [-0.3, -0.25) is 4.55 Å². The van der Waals surface area contributed by atoms with Gasteiger partial charge in [0.15, 0.2) is 0 Å². The van der Waals surface area contributed by atoms with E-state index >= 15 is 0 Å². The molecule has 1 N–H and O–H groups in total. The molecule has 0 aromatic heterocycles. The molecule has 0 aromatic carbocycles. The molecule has 0 bridgehead atoms. The van der Waals surface area contributed by atoms with E-state index in [4.69, 9.17) is 9.81 Å². The van der Waals surface area contributed by atoms with Crippen molar-refractivity contribution in [2.75, 3.05) is 27.2 Å². The number of quaternary nitrogens is 1. The summed E-state index contributed by atoms with van der Waals surface area (Å²) < 4.78 is 31.7. The summed E-state index contributed by atoms with van der Waals surface area (Å²) in [6, 6.07) is 2.11. The number of hydrogen-bond donors (Lipinski definition) is 1. The van der Waals surface area contributed by atoms with E-state index in [9.17, 15) is 8.42 Å². The molecule has 0 aliphatic carbocycles. The maximum Gasteiger partial charge on any atom is 0.268 e. The molecule has 1 saturated heterocycles. The zero-order valence-electron chi connectivity index (χ0n) is 9.05. The van der Waals surface area contributed by atoms with Gasteiger partial charge in [0.05, 0.1) is 44.4 Å². The van der Waals surface area contributed by atoms with Crippen LogP contribution in [0.1, 0.15) is 12.8 Å². The molecule has 1 aliphatic heterocycles. The summed E-state index contributed by atoms with van der Waals surface area (Å²) in [6.07, 6.45) is 0.668. The van der Waals surface area contributed by atoms with Crippen LogP contribution < -0.4 is 0 Å². The fourth-order valence-electron chi connectivity index (χ4n) is 2.06. The molecular formula is C9H17N2O3S+. The molecule has 0 unspecified atom stereocenters. The van der Waals surface area contributed by atoms with Crippen molar-refractivity contribution in [3.8, 4) is 6.07 Å². The minimum absolute atomic E-state index is 0.247. The second-order valence-electron chi connectivity index (χ2n) is 4.83. The molecule has 2 atom stereocenters. The molecule has 0 radical (unpaired) electrons. The van der Waals surface area contributed by atoms with E-state index in [1.807, 2.05) is 14.1 Å². The number of hydrogen-bond acceptors (Lipinski definition) is 3. The number of rotatable bonds is 1. The fourth-order valence-corrected chi connectivity index (χ4v) is 2.93. The van der Waals surface area contributed by atoms with Crippen molar-refractivity contribution in [1.29, 1.82) is 5.26 Å². The highest BCUT2D eigenvalue weighted by molar-refractivity contribution is 7.86. The third-order valence-corrected chi connectivity index (χ3v) is 4.19. The number of nitrogens with zero attached hydrogens (tertiary/aromatic N) is 2. The molecule has 1 fully saturated rings. The van der Waals surface area contributed by atoms with E-state index in [1.165, 1.54) is 0 Å². The van der Waals surface area contributed by atoms with Gasteiger partial charge in [-0.25, -0.2) is 0 Å². The second-order valence-corrected chi connectivity index (χ2v) is 6.53. The molecule has 1 heterocycles. The minimum Gasteiger partial charge on any atom is -0.327 e. The summed E-state index contributed by atoms with van der Waals surface area (Å²) >= 11 is 0. The molecule has 86 valence electrons. The molecular weight excluding hydrogens is 216 g/mol. The van der Waals surface area contributed by atoms with Crippen molar-refractivity contribution in [3.63, 3.8) is 0 Å². The summed E-state index contributed by atoms with van der Waals surface area (Å²) in [7, 11) is -0.0656. The van der Waals surface area contributed by atoms with Crippen LogP contribution >= 0.6 is 0 Å². The monoisotopic (exact) mass is 233 g/mol. The van der Waals surface area contributed by atoms with Crippen molar-refractivity contribution in [2.24, 2.45) is 5.92 Å². The van der Waals surface area contributed by atoms with Crippen LogP contribution in [0.4, 0.5) is 0 Å². The van der Waals surface area contributed by atoms with Crippen molar-refractivity contribution in [1.82, 2.24) is 0 Å². The standard InChI is InChI=1S/C9H16N2O3S/c1-11(2)4-3-9(15(12,13)14)5-8(6-10)7-11/h8-9H,3-5,7H2,1-2H3/p+1/t8-,9+/m1/s1. The smallest absolute Gasteiger partial charge is 0.268 e. The Hall–Kier alpha value is -0.640. The van der Waals surface area contributed by atoms with Crippen molar-refractivity contribution in [2.45, 2.75) is 18.1 Å². The predicted octanol–water partition coefficient (Wildman–Crippen LogP) is 0.253. The summed E-state index contributed by atoms with van der Waals surface area (Å²) in [6.45, 7) is 1.31. The Morgan fingerprint density at radius 3 is 2.53 bits per heavy atom. The fraction of sp³-hybridized carbons (Fsp3) is 0.889. The molecule has 0 spiro atoms. The third-order valence-electron chi connectivity index (χ3n) is 2.92. The molecule has 5 nitrogen and oxygen atoms in total. The van der Waals surface area contributed by atoms with Crippen LogP contribution in [0.2, 0.25) is 0 Å². The quantitative estimate of drug-likeness (QED) is 0.520. The van der Waals surface area contributed by atoms with Gasteiger partial charge in [0.25, 0.3) is 10.1 Å². The van der Waals surface area contributed by atoms with Gasteiger partial charge in [-0.05, 0) is 6.42 Å². The van der Waals surface area contributed by atoms with Crippen LogP contribution in [-0.2, 0) is 10.1 Å². The zero-order chi connectivity index (χ0) is 11.7. The van der Waals surface area contributed by atoms with Gasteiger partial charge in [0.2, 0.25) is 0 Å². The Bertz CT molecular complexity index is 369. The Morgan fingerprint density at radius 2 is 2.07 bits per heavy atom. The zero-order valence-corrected chi connectivity index (χ0v) is 9.87. The Kier molecular flexibility index (Phi) is 3.38. The molecule has 15 heavy (non-hydrogen) atoms. The maximum absolute atomic E-state index is 11.1. The molecule has 6 heteroatoms. The van der Waals surface area contributed by atoms with Crippen molar-refractivity contribution < 1.29 is 17.5 Å². The van der Waals surface area contributed by atoms with Crippen LogP contribution in [-0.4, -0.2) is 49.9 Å². The lowest BCUT2D eigenvalue weighted by Crippen LogP contribution is -2.42. The summed E-state index contributed by atoms with van der Waals surface area (Å²) in [5, 5.41) is 8.12. The Morgan fingerprint density at radius 1 is 1.47 bits per heavy atom. The minimum atomic E-state index is -4.00. The van der Waals surface area contributed by atoms with Gasteiger partial charge in [0.1, 0.15) is 0 Å². The van der Waals surface area contributed by atoms with Crippen LogP contribution in [0.15, 0.2) is 0 Å². The van der Waals surface area contributed by atoms with Gasteiger partial charge in [-0.2, -0.15) is 13.7 Å². The number of nitriles is 1. The van der Waals surface area contributed by atoms with E-state index in [1.54, 1.807) is 0 Å². The number of likely N-dealkylation sites (tertiary alicyclic amines) is 1. The largest absolute Gasteiger partial charge is 0.327 e. The molecule has 0 aromatic rings. The van der Waals surface area contributed by atoms with E-state index < -0.39 is 15.4 Å². The van der Waals surface area contributed by atoms with Gasteiger partial charge in [0, 0.05) is 6.42 Å². The lowest BCUT2D eigenvalue weighted by molar-refractivity contribution is -0.891. The first-order valence-electron chi connectivity index (χ1n) is 4.92. The highest BCUT2D eigenvalue weighted by Crippen LogP contribution is 2.23. The normalized spacial score (nSPS) is 31.6. The highest BCUT2D eigenvalue weighted by Gasteiger charge is 2.35.